The lowest BCUT2D eigenvalue weighted by molar-refractivity contribution is 0.250. The molecule has 0 unspecified atom stereocenters. The van der Waals surface area contributed by atoms with Crippen molar-refractivity contribution in [3.05, 3.63) is 47.2 Å². The minimum absolute atomic E-state index is 0.260. The molecule has 2 rings (SSSR count). The third-order valence-electron chi connectivity index (χ3n) is 2.46. The Labute approximate surface area is 131 Å². The Kier molecular flexibility index (Phi) is 5.96. The van der Waals surface area contributed by atoms with Crippen LogP contribution in [0.3, 0.4) is 0 Å². The Bertz CT molecular complexity index is 563. The van der Waals surface area contributed by atoms with E-state index in [2.05, 4.69) is 36.5 Å². The second-order valence-corrected chi connectivity index (χ2v) is 5.04. The number of nitrogens with zero attached hydrogens (tertiary/aromatic N) is 2. The van der Waals surface area contributed by atoms with Crippen LogP contribution >= 0.6 is 15.9 Å². The molecule has 0 fully saturated rings. The van der Waals surface area contributed by atoms with Crippen LogP contribution in [0.1, 0.15) is 6.42 Å². The number of urea groups is 1. The second-order valence-electron chi connectivity index (χ2n) is 4.12. The molecule has 1 heterocycles. The van der Waals surface area contributed by atoms with Gasteiger partial charge in [0.05, 0.1) is 11.1 Å². The predicted molar refractivity (Wildman–Crippen MR) is 83.3 cm³/mol. The minimum Gasteiger partial charge on any atom is -0.494 e. The molecule has 0 saturated heterocycles. The Morgan fingerprint density at radius 2 is 1.90 bits per heavy atom. The number of para-hydroxylation sites is 1. The number of hydrogen-bond acceptors (Lipinski definition) is 4. The number of carbonyl (C=O) groups excluding carboxylic acids is 1. The molecule has 0 atom stereocenters. The van der Waals surface area contributed by atoms with Crippen molar-refractivity contribution in [3.63, 3.8) is 0 Å². The number of anilines is 1. The quantitative estimate of drug-likeness (QED) is 0.785. The van der Waals surface area contributed by atoms with Gasteiger partial charge in [-0.25, -0.2) is 14.8 Å². The number of nitrogens with one attached hydrogen (secondary N) is 2. The fraction of sp³-hybridized carbons (Fsp3) is 0.214. The van der Waals surface area contributed by atoms with Gasteiger partial charge >= 0.3 is 6.03 Å². The largest absolute Gasteiger partial charge is 0.494 e. The van der Waals surface area contributed by atoms with Gasteiger partial charge in [0.1, 0.15) is 5.75 Å². The summed E-state index contributed by atoms with van der Waals surface area (Å²) >= 11 is 3.22. The zero-order valence-electron chi connectivity index (χ0n) is 11.3. The summed E-state index contributed by atoms with van der Waals surface area (Å²) in [5.74, 6) is 1.08. The van der Waals surface area contributed by atoms with Crippen molar-refractivity contribution < 1.29 is 9.53 Å². The van der Waals surface area contributed by atoms with Crippen molar-refractivity contribution in [1.29, 1.82) is 0 Å². The van der Waals surface area contributed by atoms with E-state index < -0.39 is 0 Å². The summed E-state index contributed by atoms with van der Waals surface area (Å²) in [6.45, 7) is 1.05. The summed E-state index contributed by atoms with van der Waals surface area (Å²) in [7, 11) is 0. The second kappa shape index (κ2) is 8.21. The molecule has 0 aliphatic rings. The SMILES string of the molecule is O=C(NCCCOc1ccccc1)Nc1ncc(Br)cn1. The summed E-state index contributed by atoms with van der Waals surface area (Å²) in [5.41, 5.74) is 0. The summed E-state index contributed by atoms with van der Waals surface area (Å²) in [6.07, 6.45) is 3.84. The molecule has 7 heteroatoms. The van der Waals surface area contributed by atoms with Crippen molar-refractivity contribution in [2.75, 3.05) is 18.5 Å². The molecule has 0 aliphatic heterocycles. The lowest BCUT2D eigenvalue weighted by atomic mass is 10.3. The first-order valence-electron chi connectivity index (χ1n) is 6.44. The lowest BCUT2D eigenvalue weighted by Gasteiger charge is -2.07. The van der Waals surface area contributed by atoms with E-state index in [0.29, 0.717) is 19.6 Å². The molecule has 1 aromatic heterocycles. The van der Waals surface area contributed by atoms with Crippen LogP contribution in [0.25, 0.3) is 0 Å². The van der Waals surface area contributed by atoms with Crippen molar-refractivity contribution >= 4 is 27.9 Å². The fourth-order valence-corrected chi connectivity index (χ4v) is 1.71. The van der Waals surface area contributed by atoms with Crippen LogP contribution in [-0.4, -0.2) is 29.2 Å². The van der Waals surface area contributed by atoms with E-state index >= 15 is 0 Å². The van der Waals surface area contributed by atoms with E-state index in [1.165, 1.54) is 0 Å². The van der Waals surface area contributed by atoms with Gasteiger partial charge in [0.2, 0.25) is 5.95 Å². The van der Waals surface area contributed by atoms with Crippen LogP contribution in [-0.2, 0) is 0 Å². The standard InChI is InChI=1S/C14H15BrN4O2/c15-11-9-17-13(18-10-11)19-14(20)16-7-4-8-21-12-5-2-1-3-6-12/h1-3,5-6,9-10H,4,7-8H2,(H2,16,17,18,19,20). The molecule has 110 valence electrons. The van der Waals surface area contributed by atoms with Gasteiger partial charge in [-0.1, -0.05) is 18.2 Å². The molecule has 2 amide bonds. The predicted octanol–water partition coefficient (Wildman–Crippen LogP) is 2.83. The fourth-order valence-electron chi connectivity index (χ4n) is 1.50. The Hall–Kier alpha value is -2.15. The molecule has 2 N–H and O–H groups in total. The van der Waals surface area contributed by atoms with Crippen LogP contribution in [0.15, 0.2) is 47.2 Å². The van der Waals surface area contributed by atoms with Crippen LogP contribution in [0.2, 0.25) is 0 Å². The average molecular weight is 351 g/mol. The molecule has 0 bridgehead atoms. The lowest BCUT2D eigenvalue weighted by Crippen LogP contribution is -2.30. The average Bonchev–Trinajstić information content (AvgIpc) is 2.50. The number of carbonyl (C=O) groups is 1. The van der Waals surface area contributed by atoms with E-state index in [1.807, 2.05) is 30.3 Å². The Morgan fingerprint density at radius 1 is 1.19 bits per heavy atom. The maximum absolute atomic E-state index is 11.6. The molecule has 0 spiro atoms. The van der Waals surface area contributed by atoms with Gasteiger partial charge in [0.25, 0.3) is 0 Å². The summed E-state index contributed by atoms with van der Waals surface area (Å²) in [5, 5.41) is 5.25. The highest BCUT2D eigenvalue weighted by atomic mass is 79.9. The smallest absolute Gasteiger partial charge is 0.321 e. The zero-order valence-corrected chi connectivity index (χ0v) is 12.8. The number of ether oxygens (including phenoxy) is 1. The molecule has 6 nitrogen and oxygen atoms in total. The van der Waals surface area contributed by atoms with Crippen molar-refractivity contribution in [1.82, 2.24) is 15.3 Å². The summed E-state index contributed by atoms with van der Waals surface area (Å²) in [4.78, 5) is 19.5. The first kappa shape index (κ1) is 15.2. The van der Waals surface area contributed by atoms with Crippen LogP contribution < -0.4 is 15.4 Å². The van der Waals surface area contributed by atoms with Crippen molar-refractivity contribution in [2.24, 2.45) is 0 Å². The molecular formula is C14H15BrN4O2. The third-order valence-corrected chi connectivity index (χ3v) is 2.87. The molecular weight excluding hydrogens is 336 g/mol. The van der Waals surface area contributed by atoms with Crippen LogP contribution in [0, 0.1) is 0 Å². The summed E-state index contributed by atoms with van der Waals surface area (Å²) < 4.78 is 6.27. The highest BCUT2D eigenvalue weighted by Crippen LogP contribution is 2.08. The van der Waals surface area contributed by atoms with E-state index in [1.54, 1.807) is 12.4 Å². The summed E-state index contributed by atoms with van der Waals surface area (Å²) in [6, 6.07) is 9.22. The normalized spacial score (nSPS) is 9.95. The molecule has 0 aliphatic carbocycles. The van der Waals surface area contributed by atoms with Crippen molar-refractivity contribution in [2.45, 2.75) is 6.42 Å². The third kappa shape index (κ3) is 5.78. The van der Waals surface area contributed by atoms with E-state index in [9.17, 15) is 4.79 Å². The van der Waals surface area contributed by atoms with Crippen LogP contribution in [0.4, 0.5) is 10.7 Å². The van der Waals surface area contributed by atoms with Gasteiger partial charge in [-0.2, -0.15) is 0 Å². The Balaban J connectivity index is 1.60. The van der Waals surface area contributed by atoms with E-state index in [4.69, 9.17) is 4.74 Å². The number of amides is 2. The van der Waals surface area contributed by atoms with E-state index in [-0.39, 0.29) is 12.0 Å². The highest BCUT2D eigenvalue weighted by molar-refractivity contribution is 9.10. The number of aromatic nitrogens is 2. The molecule has 1 aromatic carbocycles. The van der Waals surface area contributed by atoms with Gasteiger partial charge in [-0.05, 0) is 34.5 Å². The number of halogens is 1. The molecule has 2 aromatic rings. The van der Waals surface area contributed by atoms with Gasteiger partial charge < -0.3 is 10.1 Å². The van der Waals surface area contributed by atoms with Crippen molar-refractivity contribution in [3.8, 4) is 5.75 Å². The van der Waals surface area contributed by atoms with Gasteiger partial charge in [0, 0.05) is 18.9 Å². The van der Waals surface area contributed by atoms with Gasteiger partial charge in [0.15, 0.2) is 0 Å². The molecule has 21 heavy (non-hydrogen) atoms. The van der Waals surface area contributed by atoms with Gasteiger partial charge in [-0.3, -0.25) is 5.32 Å². The maximum Gasteiger partial charge on any atom is 0.321 e. The topological polar surface area (TPSA) is 76.1 Å². The van der Waals surface area contributed by atoms with E-state index in [0.717, 1.165) is 10.2 Å². The molecule has 0 radical (unpaired) electrons. The maximum atomic E-state index is 11.6. The number of hydrogen-bond donors (Lipinski definition) is 2. The zero-order chi connectivity index (χ0) is 14.9. The first-order chi connectivity index (χ1) is 10.2. The number of rotatable bonds is 6. The monoisotopic (exact) mass is 350 g/mol. The number of benzene rings is 1. The van der Waals surface area contributed by atoms with Crippen LogP contribution in [0.5, 0.6) is 5.75 Å². The Morgan fingerprint density at radius 3 is 2.62 bits per heavy atom. The molecule has 0 saturated carbocycles. The van der Waals surface area contributed by atoms with Gasteiger partial charge in [-0.15, -0.1) is 0 Å². The highest BCUT2D eigenvalue weighted by Gasteiger charge is 2.02. The minimum atomic E-state index is -0.336. The first-order valence-corrected chi connectivity index (χ1v) is 7.23.